The van der Waals surface area contributed by atoms with Crippen LogP contribution in [-0.4, -0.2) is 30.8 Å². The van der Waals surface area contributed by atoms with Gasteiger partial charge in [-0.25, -0.2) is 14.6 Å². The highest BCUT2D eigenvalue weighted by Gasteiger charge is 2.04. The van der Waals surface area contributed by atoms with Gasteiger partial charge in [0.05, 0.1) is 18.6 Å². The summed E-state index contributed by atoms with van der Waals surface area (Å²) < 4.78 is 1.60. The second-order valence-electron chi connectivity index (χ2n) is 3.21. The van der Waals surface area contributed by atoms with Gasteiger partial charge in [0, 0.05) is 6.20 Å². The van der Waals surface area contributed by atoms with Gasteiger partial charge in [0.25, 0.3) is 0 Å². The van der Waals surface area contributed by atoms with E-state index in [1.807, 2.05) is 13.1 Å². The van der Waals surface area contributed by atoms with Crippen molar-refractivity contribution in [1.82, 2.24) is 19.7 Å². The SMILES string of the molecule is Cc1cnn(-c2cnc(C(N)=NO)cn2)c1. The van der Waals surface area contributed by atoms with Crippen molar-refractivity contribution in [2.45, 2.75) is 6.92 Å². The van der Waals surface area contributed by atoms with E-state index in [-0.39, 0.29) is 5.84 Å². The molecule has 0 saturated carbocycles. The van der Waals surface area contributed by atoms with Crippen LogP contribution in [0.1, 0.15) is 11.3 Å². The minimum Gasteiger partial charge on any atom is -0.409 e. The van der Waals surface area contributed by atoms with Gasteiger partial charge < -0.3 is 10.9 Å². The van der Waals surface area contributed by atoms with Crippen molar-refractivity contribution in [1.29, 1.82) is 0 Å². The average molecular weight is 218 g/mol. The van der Waals surface area contributed by atoms with Crippen molar-refractivity contribution >= 4 is 5.84 Å². The Labute approximate surface area is 91.2 Å². The summed E-state index contributed by atoms with van der Waals surface area (Å²) in [5, 5.41) is 15.4. The zero-order valence-corrected chi connectivity index (χ0v) is 8.57. The van der Waals surface area contributed by atoms with E-state index in [1.54, 1.807) is 10.9 Å². The molecule has 0 aliphatic rings. The normalized spacial score (nSPS) is 11.7. The molecule has 0 saturated heterocycles. The Kier molecular flexibility index (Phi) is 2.50. The van der Waals surface area contributed by atoms with E-state index in [9.17, 15) is 0 Å². The molecule has 0 aliphatic heterocycles. The van der Waals surface area contributed by atoms with E-state index < -0.39 is 0 Å². The predicted molar refractivity (Wildman–Crippen MR) is 56.4 cm³/mol. The van der Waals surface area contributed by atoms with E-state index in [1.165, 1.54) is 12.4 Å². The van der Waals surface area contributed by atoms with Crippen molar-refractivity contribution in [3.05, 3.63) is 36.0 Å². The molecule has 2 rings (SSSR count). The summed E-state index contributed by atoms with van der Waals surface area (Å²) in [5.74, 6) is 0.498. The molecule has 0 amide bonds. The van der Waals surface area contributed by atoms with Gasteiger partial charge >= 0.3 is 0 Å². The first-order valence-corrected chi connectivity index (χ1v) is 4.52. The summed E-state index contributed by atoms with van der Waals surface area (Å²) in [6.07, 6.45) is 6.47. The molecular formula is C9H10N6O. The minimum absolute atomic E-state index is 0.0734. The number of rotatable bonds is 2. The summed E-state index contributed by atoms with van der Waals surface area (Å²) >= 11 is 0. The topological polar surface area (TPSA) is 102 Å². The third-order valence-corrected chi connectivity index (χ3v) is 1.95. The Bertz CT molecular complexity index is 515. The number of hydrogen-bond acceptors (Lipinski definition) is 5. The Morgan fingerprint density at radius 1 is 1.38 bits per heavy atom. The van der Waals surface area contributed by atoms with Gasteiger partial charge in [-0.15, -0.1) is 0 Å². The van der Waals surface area contributed by atoms with E-state index >= 15 is 0 Å². The molecular weight excluding hydrogens is 208 g/mol. The lowest BCUT2D eigenvalue weighted by Crippen LogP contribution is -2.15. The van der Waals surface area contributed by atoms with Crippen molar-refractivity contribution in [2.24, 2.45) is 10.9 Å². The maximum Gasteiger partial charge on any atom is 0.190 e. The summed E-state index contributed by atoms with van der Waals surface area (Å²) in [7, 11) is 0. The number of nitrogens with two attached hydrogens (primary N) is 1. The van der Waals surface area contributed by atoms with Crippen LogP contribution in [0.25, 0.3) is 5.82 Å². The Hall–Kier alpha value is -2.44. The van der Waals surface area contributed by atoms with Crippen molar-refractivity contribution in [3.63, 3.8) is 0 Å². The minimum atomic E-state index is -0.0734. The fourth-order valence-electron chi connectivity index (χ4n) is 1.16. The molecule has 0 aromatic carbocycles. The van der Waals surface area contributed by atoms with Crippen LogP contribution < -0.4 is 5.73 Å². The van der Waals surface area contributed by atoms with Gasteiger partial charge in [0.15, 0.2) is 11.7 Å². The van der Waals surface area contributed by atoms with Crippen molar-refractivity contribution in [2.75, 3.05) is 0 Å². The fourth-order valence-corrected chi connectivity index (χ4v) is 1.16. The van der Waals surface area contributed by atoms with Crippen LogP contribution in [0.2, 0.25) is 0 Å². The number of amidine groups is 1. The largest absolute Gasteiger partial charge is 0.409 e. The fraction of sp³-hybridized carbons (Fsp3) is 0.111. The monoisotopic (exact) mass is 218 g/mol. The molecule has 0 aliphatic carbocycles. The van der Waals surface area contributed by atoms with Crippen LogP contribution in [0, 0.1) is 6.92 Å². The highest BCUT2D eigenvalue weighted by Crippen LogP contribution is 2.03. The lowest BCUT2D eigenvalue weighted by Gasteiger charge is -2.00. The predicted octanol–water partition coefficient (Wildman–Crippen LogP) is 0.0652. The molecule has 7 heteroatoms. The number of hydrogen-bond donors (Lipinski definition) is 2. The molecule has 7 nitrogen and oxygen atoms in total. The van der Waals surface area contributed by atoms with Crippen LogP contribution in [0.4, 0.5) is 0 Å². The van der Waals surface area contributed by atoms with Gasteiger partial charge in [0.1, 0.15) is 5.69 Å². The van der Waals surface area contributed by atoms with Gasteiger partial charge in [-0.2, -0.15) is 5.10 Å². The smallest absolute Gasteiger partial charge is 0.190 e. The molecule has 2 aromatic rings. The number of aryl methyl sites for hydroxylation is 1. The molecule has 0 atom stereocenters. The van der Waals surface area contributed by atoms with Gasteiger partial charge in [-0.05, 0) is 12.5 Å². The lowest BCUT2D eigenvalue weighted by atomic mass is 10.4. The first kappa shape index (κ1) is 10.1. The molecule has 0 unspecified atom stereocenters. The van der Waals surface area contributed by atoms with Crippen molar-refractivity contribution in [3.8, 4) is 5.82 Å². The molecule has 16 heavy (non-hydrogen) atoms. The third-order valence-electron chi connectivity index (χ3n) is 1.95. The first-order valence-electron chi connectivity index (χ1n) is 4.52. The quantitative estimate of drug-likeness (QED) is 0.321. The standard InChI is InChI=1S/C9H10N6O/c1-6-2-13-15(5-6)8-4-11-7(3-12-8)9(10)14-16/h2-5,16H,1H3,(H2,10,14). The average Bonchev–Trinajstić information content (AvgIpc) is 2.75. The molecule has 0 bridgehead atoms. The van der Waals surface area contributed by atoms with Gasteiger partial charge in [0.2, 0.25) is 0 Å². The maximum absolute atomic E-state index is 8.46. The summed E-state index contributed by atoms with van der Waals surface area (Å²) in [6, 6.07) is 0. The number of aromatic nitrogens is 4. The molecule has 0 radical (unpaired) electrons. The Morgan fingerprint density at radius 2 is 2.19 bits per heavy atom. The Morgan fingerprint density at radius 3 is 2.69 bits per heavy atom. The Balaban J connectivity index is 2.33. The molecule has 2 aromatic heterocycles. The van der Waals surface area contributed by atoms with Crippen LogP contribution in [0.15, 0.2) is 29.9 Å². The maximum atomic E-state index is 8.46. The zero-order valence-electron chi connectivity index (χ0n) is 8.57. The zero-order chi connectivity index (χ0) is 11.5. The van der Waals surface area contributed by atoms with Crippen LogP contribution >= 0.6 is 0 Å². The van der Waals surface area contributed by atoms with Crippen molar-refractivity contribution < 1.29 is 5.21 Å². The van der Waals surface area contributed by atoms with Crippen LogP contribution in [-0.2, 0) is 0 Å². The van der Waals surface area contributed by atoms with Gasteiger partial charge in [-0.1, -0.05) is 5.16 Å². The van der Waals surface area contributed by atoms with E-state index in [0.29, 0.717) is 11.5 Å². The van der Waals surface area contributed by atoms with E-state index in [2.05, 4.69) is 20.2 Å². The van der Waals surface area contributed by atoms with Crippen LogP contribution in [0.3, 0.4) is 0 Å². The number of oxime groups is 1. The summed E-state index contributed by atoms with van der Waals surface area (Å²) in [4.78, 5) is 8.09. The third kappa shape index (κ3) is 1.83. The molecule has 0 spiro atoms. The second kappa shape index (κ2) is 3.97. The highest BCUT2D eigenvalue weighted by molar-refractivity contribution is 5.94. The second-order valence-corrected chi connectivity index (χ2v) is 3.21. The number of nitrogens with zero attached hydrogens (tertiary/aromatic N) is 5. The molecule has 2 heterocycles. The summed E-state index contributed by atoms with van der Waals surface area (Å²) in [6.45, 7) is 1.93. The molecule has 82 valence electrons. The van der Waals surface area contributed by atoms with E-state index in [4.69, 9.17) is 10.9 Å². The van der Waals surface area contributed by atoms with Gasteiger partial charge in [-0.3, -0.25) is 0 Å². The molecule has 3 N–H and O–H groups in total. The van der Waals surface area contributed by atoms with Crippen LogP contribution in [0.5, 0.6) is 0 Å². The summed E-state index contributed by atoms with van der Waals surface area (Å²) in [5.41, 5.74) is 6.71. The first-order chi connectivity index (χ1) is 7.70. The highest BCUT2D eigenvalue weighted by atomic mass is 16.4. The lowest BCUT2D eigenvalue weighted by molar-refractivity contribution is 0.318. The van der Waals surface area contributed by atoms with E-state index in [0.717, 1.165) is 5.56 Å². The molecule has 0 fully saturated rings.